The smallest absolute Gasteiger partial charge is 1.00 e. The van der Waals surface area contributed by atoms with Crippen LogP contribution in [0.15, 0.2) is 71.6 Å². The second kappa shape index (κ2) is 29.0. The van der Waals surface area contributed by atoms with E-state index < -0.39 is 18.3 Å². The number of imidazole rings is 2. The maximum atomic E-state index is 12.2. The Labute approximate surface area is 592 Å². The molecule has 0 unspecified atom stereocenters. The number of halogens is 1. The van der Waals surface area contributed by atoms with Crippen molar-refractivity contribution in [2.45, 2.75) is 140 Å². The molecule has 23 heteroatoms. The van der Waals surface area contributed by atoms with Gasteiger partial charge in [0.25, 0.3) is 6.47 Å². The number of benzene rings is 4. The van der Waals surface area contributed by atoms with Crippen molar-refractivity contribution in [3.63, 3.8) is 0 Å². The summed E-state index contributed by atoms with van der Waals surface area (Å²) in [5.41, 5.74) is 15.8. The SMILES string of the molecule is CC(C)C.Cc1ccc2c(c1-c1cc(-c3c(C)noc3C)cc3[nH]c(=O)[nH]c13)CCCC(=O)N2.Cc1ccc2c(c1Br)CCCC(=O)N2.Cc1noc(C)c1-c1cc(B2OC(C)(C)C(C)(C)O2)c2[nH]c(=O)[nH]c2c1.O=CO[O-].[Cs+].[Cs+].[H-]. The fraction of sp³-hybridized carbons (Fsp3) is 0.386. The van der Waals surface area contributed by atoms with Crippen LogP contribution in [0.2, 0.25) is 0 Å². The number of aromatic amines is 4. The number of carbonyl (C=O) groups is 3. The third-order valence-electron chi connectivity index (χ3n) is 13.9. The normalized spacial score (nSPS) is 14.8. The van der Waals surface area contributed by atoms with E-state index in [-0.39, 0.29) is 169 Å². The number of nitrogens with zero attached hydrogens (tertiary/aromatic N) is 2. The average Bonchev–Trinajstić information content (AvgIpc) is 4.11. The second-order valence-corrected chi connectivity index (χ2v) is 22.1. The fourth-order valence-electron chi connectivity index (χ4n) is 9.64. The van der Waals surface area contributed by atoms with Crippen LogP contribution in [0.1, 0.15) is 121 Å². The van der Waals surface area contributed by atoms with Crippen LogP contribution in [0.3, 0.4) is 0 Å². The van der Waals surface area contributed by atoms with E-state index in [4.69, 9.17) is 28.4 Å². The molecule has 0 bridgehead atoms. The summed E-state index contributed by atoms with van der Waals surface area (Å²) in [6.07, 6.45) is 4.60. The average molecular weight is 1400 g/mol. The van der Waals surface area contributed by atoms with E-state index in [1.807, 2.05) is 97.9 Å². The van der Waals surface area contributed by atoms with E-state index in [2.05, 4.69) is 102 Å². The predicted octanol–water partition coefficient (Wildman–Crippen LogP) is 4.06. The molecule has 0 spiro atoms. The van der Waals surface area contributed by atoms with Crippen LogP contribution in [0.5, 0.6) is 0 Å². The van der Waals surface area contributed by atoms with Gasteiger partial charge in [0.2, 0.25) is 11.8 Å². The first kappa shape index (κ1) is 67.6. The largest absolute Gasteiger partial charge is 1.00 e. The Hall–Kier alpha value is -3.22. The van der Waals surface area contributed by atoms with Crippen LogP contribution in [0.4, 0.5) is 11.4 Å². The monoisotopic (exact) mass is 1400 g/mol. The summed E-state index contributed by atoms with van der Waals surface area (Å²) >= 11 is 3.57. The maximum Gasteiger partial charge on any atom is 1.00 e. The Morgan fingerprint density at radius 2 is 1.09 bits per heavy atom. The summed E-state index contributed by atoms with van der Waals surface area (Å²) in [5.74, 6) is 2.44. The fourth-order valence-corrected chi connectivity index (χ4v) is 10.2. The Bertz CT molecular complexity index is 3600. The van der Waals surface area contributed by atoms with Crippen LogP contribution >= 0.6 is 15.9 Å². The van der Waals surface area contributed by atoms with Gasteiger partial charge in [-0.15, -0.1) is 0 Å². The van der Waals surface area contributed by atoms with Gasteiger partial charge in [-0.1, -0.05) is 65.2 Å². The summed E-state index contributed by atoms with van der Waals surface area (Å²) < 4.78 is 24.2. The minimum absolute atomic E-state index is 0. The molecule has 1 fully saturated rings. The van der Waals surface area contributed by atoms with Gasteiger partial charge >= 0.3 is 156 Å². The molecular formula is C57H68BBrCs2N8O11. The van der Waals surface area contributed by atoms with Crippen molar-refractivity contribution >= 4 is 80.2 Å². The first-order chi connectivity index (χ1) is 36.8. The summed E-state index contributed by atoms with van der Waals surface area (Å²) in [4.78, 5) is 70.3. The molecule has 2 amide bonds. The second-order valence-electron chi connectivity index (χ2n) is 21.3. The van der Waals surface area contributed by atoms with Gasteiger partial charge in [-0.05, 0) is 170 Å². The van der Waals surface area contributed by atoms with E-state index in [0.717, 1.165) is 131 Å². The molecule has 0 radical (unpaired) electrons. The maximum absolute atomic E-state index is 12.2. The van der Waals surface area contributed by atoms with Gasteiger partial charge in [-0.25, -0.2) is 9.59 Å². The molecular weight excluding hydrogens is 1330 g/mol. The molecule has 1 saturated heterocycles. The van der Waals surface area contributed by atoms with Crippen molar-refractivity contribution in [1.82, 2.24) is 30.2 Å². The number of aromatic nitrogens is 6. The van der Waals surface area contributed by atoms with Crippen LogP contribution in [-0.2, 0) is 41.4 Å². The minimum Gasteiger partial charge on any atom is -1.00 e. The van der Waals surface area contributed by atoms with Gasteiger partial charge in [0.1, 0.15) is 11.5 Å². The van der Waals surface area contributed by atoms with Gasteiger partial charge in [-0.2, -0.15) is 0 Å². The molecule has 414 valence electrons. The third kappa shape index (κ3) is 15.7. The summed E-state index contributed by atoms with van der Waals surface area (Å²) in [6, 6.07) is 15.9. The number of aryl methyl sites for hydroxylation is 6. The topological polar surface area (TPSA) is 275 Å². The molecule has 7 heterocycles. The van der Waals surface area contributed by atoms with Crippen molar-refractivity contribution in [2.24, 2.45) is 5.92 Å². The number of hydrogen-bond donors (Lipinski definition) is 6. The Balaban J connectivity index is 0.000000251. The number of nitrogens with one attached hydrogen (secondary N) is 6. The van der Waals surface area contributed by atoms with Gasteiger partial charge < -0.3 is 60.5 Å². The molecule has 3 aliphatic rings. The number of amides is 2. The van der Waals surface area contributed by atoms with Gasteiger partial charge in [0.05, 0.1) is 44.7 Å². The number of rotatable bonds is 5. The zero-order chi connectivity index (χ0) is 57.0. The number of carbonyl (C=O) groups excluding carboxylic acids is 3. The Morgan fingerprint density at radius 3 is 1.56 bits per heavy atom. The summed E-state index contributed by atoms with van der Waals surface area (Å²) in [7, 11) is -0.589. The molecule has 4 aromatic carbocycles. The van der Waals surface area contributed by atoms with E-state index in [0.29, 0.717) is 23.9 Å². The van der Waals surface area contributed by atoms with Gasteiger partial charge in [-0.3, -0.25) is 14.4 Å². The first-order valence-electron chi connectivity index (χ1n) is 25.8. The van der Waals surface area contributed by atoms with E-state index in [1.165, 1.54) is 11.1 Å². The molecule has 8 aromatic rings. The summed E-state index contributed by atoms with van der Waals surface area (Å²) in [5, 5.41) is 22.5. The molecule has 6 N–H and O–H groups in total. The van der Waals surface area contributed by atoms with Gasteiger partial charge in [0, 0.05) is 50.8 Å². The number of hydrogen-bond acceptors (Lipinski definition) is 13. The van der Waals surface area contributed by atoms with Crippen LogP contribution in [-0.4, -0.2) is 66.9 Å². The van der Waals surface area contributed by atoms with Crippen molar-refractivity contribution in [1.29, 1.82) is 0 Å². The van der Waals surface area contributed by atoms with E-state index in [1.54, 1.807) is 0 Å². The third-order valence-corrected chi connectivity index (χ3v) is 15.0. The first-order valence-corrected chi connectivity index (χ1v) is 26.6. The minimum atomic E-state index is -0.589. The quantitative estimate of drug-likeness (QED) is 0.0615. The van der Waals surface area contributed by atoms with Crippen LogP contribution in [0.25, 0.3) is 55.4 Å². The van der Waals surface area contributed by atoms with Gasteiger partial charge in [0.15, 0.2) is 0 Å². The van der Waals surface area contributed by atoms with E-state index in [9.17, 15) is 19.2 Å². The molecule has 0 atom stereocenters. The molecule has 11 rings (SSSR count). The van der Waals surface area contributed by atoms with Crippen molar-refractivity contribution in [2.75, 3.05) is 10.6 Å². The number of anilines is 2. The summed E-state index contributed by atoms with van der Waals surface area (Å²) in [6.45, 7) is 26.0. The molecule has 0 saturated carbocycles. The molecule has 3 aliphatic heterocycles. The van der Waals surface area contributed by atoms with Crippen molar-refractivity contribution in [3.8, 4) is 33.4 Å². The Kier molecular flexibility index (Phi) is 24.5. The number of fused-ring (bicyclic) bond motifs is 4. The van der Waals surface area contributed by atoms with E-state index >= 15 is 0 Å². The standard InChI is InChI=1S/C23H22N4O3.C18H22BN3O4.C11H12BrNO.C4H10.CH2O3.2Cs.H/c1-11-7-8-17-15(5-4-6-19(28)24-17)20(11)16-9-14(21-12(2)27-30-13(21)3)10-18-22(16)26-23(29)25-18;1-9-14(10(2)24-22-9)11-7-12(15-13(8-11)20-16(23)21-15)19-25-17(3,4)18(5,6)26-19;1-7-5-6-9-8(11(7)12)3-2-4-10(14)13-9;1-4(2)3;2-1-4-3;;;/h7-10H,4-6H2,1-3H3,(H,24,28)(H2,25,26,29);7-8H,1-6H3,(H2,20,21,23);5-6H,2-4H2,1H3,(H,13,14);4H,1-3H3;1,3H;;;/q;;;;;2*+1;-1/p-1. The molecule has 80 heavy (non-hydrogen) atoms. The van der Waals surface area contributed by atoms with Crippen LogP contribution < -0.4 is 171 Å². The zero-order valence-corrected chi connectivity index (χ0v) is 62.5. The zero-order valence-electron chi connectivity index (χ0n) is 49.4. The Morgan fingerprint density at radius 1 is 0.650 bits per heavy atom. The van der Waals surface area contributed by atoms with Crippen molar-refractivity contribution in [3.05, 3.63) is 119 Å². The van der Waals surface area contributed by atoms with Crippen molar-refractivity contribution < 1.29 is 182 Å². The molecule has 4 aromatic heterocycles. The predicted molar refractivity (Wildman–Crippen MR) is 304 cm³/mol. The van der Waals surface area contributed by atoms with Crippen LogP contribution in [0, 0.1) is 47.5 Å². The molecule has 19 nitrogen and oxygen atoms in total. The molecule has 0 aliphatic carbocycles. The number of H-pyrrole nitrogens is 4.